The molecule has 32 heavy (non-hydrogen) atoms. The van der Waals surface area contributed by atoms with Gasteiger partial charge in [0.15, 0.2) is 5.82 Å². The van der Waals surface area contributed by atoms with Crippen molar-refractivity contribution >= 4 is 34.9 Å². The molecule has 2 fully saturated rings. The van der Waals surface area contributed by atoms with Crippen LogP contribution in [0.25, 0.3) is 11.3 Å². The lowest BCUT2D eigenvalue weighted by molar-refractivity contribution is 0.0245. The van der Waals surface area contributed by atoms with E-state index in [1.54, 1.807) is 24.3 Å². The predicted octanol–water partition coefficient (Wildman–Crippen LogP) is 4.80. The number of rotatable bonds is 7. The quantitative estimate of drug-likeness (QED) is 0.521. The highest BCUT2D eigenvalue weighted by molar-refractivity contribution is 6.39. The van der Waals surface area contributed by atoms with Gasteiger partial charge in [0, 0.05) is 36.2 Å². The molecule has 2 aromatic heterocycles. The monoisotopic (exact) mass is 476 g/mol. The normalized spacial score (nSPS) is 17.1. The number of hydrogen-bond acceptors (Lipinski definition) is 7. The number of benzene rings is 1. The number of primary amides is 1. The van der Waals surface area contributed by atoms with Crippen LogP contribution in [0.3, 0.4) is 0 Å². The molecule has 3 heterocycles. The van der Waals surface area contributed by atoms with Gasteiger partial charge in [0.2, 0.25) is 5.76 Å². The van der Waals surface area contributed by atoms with E-state index >= 15 is 0 Å². The number of nitrogens with zero attached hydrogens (tertiary/aromatic N) is 3. The maximum absolute atomic E-state index is 11.2. The zero-order valence-corrected chi connectivity index (χ0v) is 18.7. The number of piperidine rings is 1. The van der Waals surface area contributed by atoms with Crippen molar-refractivity contribution in [1.82, 2.24) is 10.3 Å². The van der Waals surface area contributed by atoms with Gasteiger partial charge >= 0.3 is 0 Å². The average molecular weight is 477 g/mol. The molecule has 10 heteroatoms. The SMILES string of the molecule is NC(=O)c1cc(N2CCC(OCc3c(-c4c(Cl)cccc4Cl)noc3C3CC3)CC2)no1. The summed E-state index contributed by atoms with van der Waals surface area (Å²) in [6.45, 7) is 1.85. The zero-order chi connectivity index (χ0) is 22.2. The van der Waals surface area contributed by atoms with Gasteiger partial charge in [0.05, 0.1) is 22.8 Å². The van der Waals surface area contributed by atoms with Crippen LogP contribution in [-0.4, -0.2) is 35.4 Å². The molecule has 1 aromatic carbocycles. The Kier molecular flexibility index (Phi) is 5.84. The van der Waals surface area contributed by atoms with Gasteiger partial charge in [0.1, 0.15) is 11.5 Å². The molecule has 8 nitrogen and oxygen atoms in total. The molecule has 0 unspecified atom stereocenters. The maximum atomic E-state index is 11.2. The Hall–Kier alpha value is -2.55. The van der Waals surface area contributed by atoms with Gasteiger partial charge in [-0.3, -0.25) is 4.79 Å². The number of ether oxygens (including phenoxy) is 1. The Balaban J connectivity index is 1.27. The molecule has 1 saturated heterocycles. The molecule has 1 amide bonds. The molecule has 2 N–H and O–H groups in total. The summed E-state index contributed by atoms with van der Waals surface area (Å²) < 4.78 is 17.0. The number of carbonyl (C=O) groups is 1. The lowest BCUT2D eigenvalue weighted by Crippen LogP contribution is -2.37. The fourth-order valence-corrected chi connectivity index (χ4v) is 4.61. The number of aromatic nitrogens is 2. The van der Waals surface area contributed by atoms with Gasteiger partial charge in [-0.05, 0) is 37.8 Å². The minimum Gasteiger partial charge on any atom is -0.373 e. The fourth-order valence-electron chi connectivity index (χ4n) is 4.03. The molecule has 1 aliphatic carbocycles. The fraction of sp³-hybridized carbons (Fsp3) is 0.409. The Morgan fingerprint density at radius 2 is 1.84 bits per heavy atom. The van der Waals surface area contributed by atoms with Crippen molar-refractivity contribution in [3.63, 3.8) is 0 Å². The van der Waals surface area contributed by atoms with Crippen LogP contribution < -0.4 is 10.6 Å². The second kappa shape index (κ2) is 8.77. The summed E-state index contributed by atoms with van der Waals surface area (Å²) in [4.78, 5) is 13.3. The van der Waals surface area contributed by atoms with Gasteiger partial charge < -0.3 is 24.4 Å². The Morgan fingerprint density at radius 3 is 2.47 bits per heavy atom. The number of amides is 1. The summed E-state index contributed by atoms with van der Waals surface area (Å²) >= 11 is 12.9. The Morgan fingerprint density at radius 1 is 1.12 bits per heavy atom. The summed E-state index contributed by atoms with van der Waals surface area (Å²) in [6, 6.07) is 6.97. The van der Waals surface area contributed by atoms with Gasteiger partial charge in [-0.2, -0.15) is 0 Å². The van der Waals surface area contributed by atoms with Crippen LogP contribution in [-0.2, 0) is 11.3 Å². The highest BCUT2D eigenvalue weighted by atomic mass is 35.5. The van der Waals surface area contributed by atoms with Crippen LogP contribution in [0.5, 0.6) is 0 Å². The van der Waals surface area contributed by atoms with Crippen molar-refractivity contribution < 1.29 is 18.6 Å². The lowest BCUT2D eigenvalue weighted by Gasteiger charge is -2.31. The Labute approximate surface area is 194 Å². The van der Waals surface area contributed by atoms with E-state index < -0.39 is 5.91 Å². The van der Waals surface area contributed by atoms with Crippen LogP contribution in [0.4, 0.5) is 5.82 Å². The van der Waals surface area contributed by atoms with Gasteiger partial charge in [-0.15, -0.1) is 0 Å². The highest BCUT2D eigenvalue weighted by Gasteiger charge is 2.34. The number of carbonyl (C=O) groups excluding carboxylic acids is 1. The summed E-state index contributed by atoms with van der Waals surface area (Å²) in [5.41, 5.74) is 7.49. The van der Waals surface area contributed by atoms with E-state index in [0.717, 1.165) is 50.1 Å². The molecule has 2 aliphatic rings. The molecule has 1 saturated carbocycles. The first-order valence-electron chi connectivity index (χ1n) is 10.6. The summed E-state index contributed by atoms with van der Waals surface area (Å²) in [5, 5.41) is 9.31. The highest BCUT2D eigenvalue weighted by Crippen LogP contribution is 2.46. The smallest absolute Gasteiger partial charge is 0.287 e. The number of nitrogens with two attached hydrogens (primary N) is 1. The van der Waals surface area contributed by atoms with E-state index in [4.69, 9.17) is 42.7 Å². The third-order valence-electron chi connectivity index (χ3n) is 5.94. The molecule has 1 aliphatic heterocycles. The molecular weight excluding hydrogens is 455 g/mol. The van der Waals surface area contributed by atoms with Crippen LogP contribution in [0.1, 0.15) is 53.5 Å². The van der Waals surface area contributed by atoms with Crippen LogP contribution in [0.2, 0.25) is 10.0 Å². The lowest BCUT2D eigenvalue weighted by atomic mass is 10.0. The van der Waals surface area contributed by atoms with Gasteiger partial charge in [-0.1, -0.05) is 39.6 Å². The third-order valence-corrected chi connectivity index (χ3v) is 6.57. The topological polar surface area (TPSA) is 108 Å². The predicted molar refractivity (Wildman–Crippen MR) is 119 cm³/mol. The molecule has 5 rings (SSSR count). The van der Waals surface area contributed by atoms with Crippen molar-refractivity contribution in [3.05, 3.63) is 51.4 Å². The molecule has 0 spiro atoms. The largest absolute Gasteiger partial charge is 0.373 e. The maximum Gasteiger partial charge on any atom is 0.287 e. The minimum atomic E-state index is -0.628. The van der Waals surface area contributed by atoms with Crippen molar-refractivity contribution in [2.24, 2.45) is 5.73 Å². The molecule has 3 aromatic rings. The number of halogens is 2. The van der Waals surface area contributed by atoms with Crippen LogP contribution in [0.15, 0.2) is 33.3 Å². The number of anilines is 1. The van der Waals surface area contributed by atoms with Crippen molar-refractivity contribution in [3.8, 4) is 11.3 Å². The standard InChI is InChI=1S/C22H22Cl2N4O4/c23-15-2-1-3-16(24)19(15)20-14(21(32-27-20)12-4-5-12)11-30-13-6-8-28(9-7-13)18-10-17(22(25)29)31-26-18/h1-3,10,12-13H,4-9,11H2,(H2,25,29). The van der Waals surface area contributed by atoms with Crippen molar-refractivity contribution in [1.29, 1.82) is 0 Å². The van der Waals surface area contributed by atoms with Crippen molar-refractivity contribution in [2.45, 2.75) is 44.3 Å². The first kappa shape index (κ1) is 21.3. The average Bonchev–Trinajstić information content (AvgIpc) is 3.34. The number of hydrogen-bond donors (Lipinski definition) is 1. The summed E-state index contributed by atoms with van der Waals surface area (Å²) in [7, 11) is 0. The first-order valence-corrected chi connectivity index (χ1v) is 11.3. The van der Waals surface area contributed by atoms with E-state index in [1.807, 2.05) is 0 Å². The zero-order valence-electron chi connectivity index (χ0n) is 17.2. The molecule has 0 bridgehead atoms. The third kappa shape index (κ3) is 4.22. The van der Waals surface area contributed by atoms with E-state index in [2.05, 4.69) is 15.2 Å². The summed E-state index contributed by atoms with van der Waals surface area (Å²) in [5.74, 6) is 1.29. The van der Waals surface area contributed by atoms with E-state index in [0.29, 0.717) is 39.6 Å². The van der Waals surface area contributed by atoms with Crippen molar-refractivity contribution in [2.75, 3.05) is 18.0 Å². The second-order valence-electron chi connectivity index (χ2n) is 8.16. The van der Waals surface area contributed by atoms with E-state index in [1.165, 1.54) is 0 Å². The molecule has 0 radical (unpaired) electrons. The Bertz CT molecular complexity index is 1110. The van der Waals surface area contributed by atoms with Gasteiger partial charge in [0.25, 0.3) is 5.91 Å². The van der Waals surface area contributed by atoms with Crippen LogP contribution in [0, 0.1) is 0 Å². The minimum absolute atomic E-state index is 0.0594. The van der Waals surface area contributed by atoms with Crippen LogP contribution >= 0.6 is 23.2 Å². The summed E-state index contributed by atoms with van der Waals surface area (Å²) in [6.07, 6.45) is 3.86. The van der Waals surface area contributed by atoms with E-state index in [-0.39, 0.29) is 11.9 Å². The van der Waals surface area contributed by atoms with Gasteiger partial charge in [-0.25, -0.2) is 0 Å². The first-order chi connectivity index (χ1) is 15.5. The molecule has 0 atom stereocenters. The molecular formula is C22H22Cl2N4O4. The second-order valence-corrected chi connectivity index (χ2v) is 8.97. The molecule has 168 valence electrons. The van der Waals surface area contributed by atoms with E-state index in [9.17, 15) is 4.79 Å².